The van der Waals surface area contributed by atoms with E-state index in [1.54, 1.807) is 18.0 Å². The topological polar surface area (TPSA) is 78.9 Å². The summed E-state index contributed by atoms with van der Waals surface area (Å²) in [4.78, 5) is 24.9. The van der Waals surface area contributed by atoms with Gasteiger partial charge in [-0.3, -0.25) is 0 Å². The van der Waals surface area contributed by atoms with Crippen molar-refractivity contribution in [3.05, 3.63) is 23.8 Å². The molecule has 1 fully saturated rings. The lowest BCUT2D eigenvalue weighted by Gasteiger charge is -2.19. The smallest absolute Gasteiger partial charge is 0.337 e. The van der Waals surface area contributed by atoms with Crippen molar-refractivity contribution in [1.29, 1.82) is 0 Å². The van der Waals surface area contributed by atoms with Crippen LogP contribution in [0.15, 0.2) is 18.2 Å². The summed E-state index contributed by atoms with van der Waals surface area (Å²) in [6, 6.07) is 4.16. The van der Waals surface area contributed by atoms with Crippen LogP contribution in [0.25, 0.3) is 0 Å². The van der Waals surface area contributed by atoms with E-state index in [1.807, 2.05) is 0 Å². The lowest BCUT2D eigenvalue weighted by Crippen LogP contribution is -2.33. The molecule has 2 unspecified atom stereocenters. The number of benzene rings is 1. The van der Waals surface area contributed by atoms with Gasteiger partial charge in [-0.05, 0) is 30.4 Å². The molecule has 0 spiro atoms. The number of rotatable bonds is 5. The normalized spacial score (nSPS) is 19.8. The van der Waals surface area contributed by atoms with E-state index in [1.165, 1.54) is 19.2 Å². The maximum absolute atomic E-state index is 12.1. The Kier molecular flexibility index (Phi) is 4.35. The molecule has 6 nitrogen and oxygen atoms in total. The fourth-order valence-corrected chi connectivity index (χ4v) is 2.24. The first-order valence-corrected chi connectivity index (χ1v) is 6.85. The molecule has 2 N–H and O–H groups in total. The van der Waals surface area contributed by atoms with Gasteiger partial charge in [0.15, 0.2) is 0 Å². The Morgan fingerprint density at radius 2 is 2.14 bits per heavy atom. The molecule has 1 aromatic carbocycles. The second-order valence-corrected chi connectivity index (χ2v) is 5.50. The molecular formula is C15H20N2O4. The minimum atomic E-state index is -1.09. The van der Waals surface area contributed by atoms with Crippen molar-refractivity contribution < 1.29 is 19.4 Å². The van der Waals surface area contributed by atoms with Crippen molar-refractivity contribution in [1.82, 2.24) is 4.90 Å². The molecule has 0 heterocycles. The predicted octanol–water partition coefficient (Wildman–Crippen LogP) is 2.51. The number of nitrogens with one attached hydrogen (secondary N) is 1. The van der Waals surface area contributed by atoms with Gasteiger partial charge in [-0.25, -0.2) is 9.59 Å². The van der Waals surface area contributed by atoms with Crippen molar-refractivity contribution >= 4 is 17.7 Å². The Labute approximate surface area is 123 Å². The number of hydrogen-bond acceptors (Lipinski definition) is 3. The highest BCUT2D eigenvalue weighted by atomic mass is 16.5. The lowest BCUT2D eigenvalue weighted by atomic mass is 10.1. The molecule has 1 aliphatic carbocycles. The molecule has 114 valence electrons. The van der Waals surface area contributed by atoms with Gasteiger partial charge < -0.3 is 20.1 Å². The zero-order valence-corrected chi connectivity index (χ0v) is 12.4. The van der Waals surface area contributed by atoms with Crippen LogP contribution in [-0.2, 0) is 0 Å². The minimum Gasteiger partial charge on any atom is -0.497 e. The van der Waals surface area contributed by atoms with E-state index in [2.05, 4.69) is 12.2 Å². The highest BCUT2D eigenvalue weighted by molar-refractivity contribution is 6.00. The van der Waals surface area contributed by atoms with Crippen LogP contribution in [0.3, 0.4) is 0 Å². The molecule has 0 saturated heterocycles. The lowest BCUT2D eigenvalue weighted by molar-refractivity contribution is 0.0698. The van der Waals surface area contributed by atoms with Gasteiger partial charge in [0.1, 0.15) is 5.75 Å². The number of carbonyl (C=O) groups excluding carboxylic acids is 1. The number of carbonyl (C=O) groups is 2. The summed E-state index contributed by atoms with van der Waals surface area (Å²) >= 11 is 0. The average Bonchev–Trinajstić information content (AvgIpc) is 3.13. The Balaban J connectivity index is 2.09. The number of amides is 2. The van der Waals surface area contributed by atoms with Crippen LogP contribution in [0.2, 0.25) is 0 Å². The van der Waals surface area contributed by atoms with Gasteiger partial charge in [0, 0.05) is 19.7 Å². The van der Waals surface area contributed by atoms with E-state index >= 15 is 0 Å². The largest absolute Gasteiger partial charge is 0.497 e. The summed E-state index contributed by atoms with van der Waals surface area (Å²) in [5, 5.41) is 11.8. The molecular weight excluding hydrogens is 272 g/mol. The summed E-state index contributed by atoms with van der Waals surface area (Å²) in [6.07, 6.45) is 1.14. The molecule has 2 rings (SSSR count). The van der Waals surface area contributed by atoms with Crippen LogP contribution in [-0.4, -0.2) is 42.7 Å². The van der Waals surface area contributed by atoms with Gasteiger partial charge in [-0.15, -0.1) is 0 Å². The molecule has 1 saturated carbocycles. The molecule has 0 radical (unpaired) electrons. The Morgan fingerprint density at radius 3 is 2.67 bits per heavy atom. The van der Waals surface area contributed by atoms with Gasteiger partial charge >= 0.3 is 12.0 Å². The number of methoxy groups -OCH3 is 1. The van der Waals surface area contributed by atoms with Crippen LogP contribution in [0.5, 0.6) is 5.75 Å². The number of carboxylic acid groups (broad SMARTS) is 1. The highest BCUT2D eigenvalue weighted by Crippen LogP contribution is 2.38. The summed E-state index contributed by atoms with van der Waals surface area (Å²) < 4.78 is 5.06. The molecule has 1 aliphatic rings. The number of carboxylic acids is 1. The second kappa shape index (κ2) is 6.03. The molecule has 21 heavy (non-hydrogen) atoms. The van der Waals surface area contributed by atoms with E-state index in [0.29, 0.717) is 24.1 Å². The van der Waals surface area contributed by atoms with Crippen molar-refractivity contribution in [2.24, 2.45) is 11.8 Å². The number of aromatic carboxylic acids is 1. The van der Waals surface area contributed by atoms with E-state index < -0.39 is 5.97 Å². The SMILES string of the molecule is COc1ccc(C(=O)O)c(NC(=O)N(C)CC2CC2C)c1. The first-order valence-electron chi connectivity index (χ1n) is 6.85. The van der Waals surface area contributed by atoms with Gasteiger partial charge in [-0.1, -0.05) is 6.92 Å². The summed E-state index contributed by atoms with van der Waals surface area (Å²) in [5.74, 6) is 0.608. The quantitative estimate of drug-likeness (QED) is 0.874. The molecule has 6 heteroatoms. The molecule has 2 atom stereocenters. The van der Waals surface area contributed by atoms with Gasteiger partial charge in [0.2, 0.25) is 0 Å². The van der Waals surface area contributed by atoms with Crippen molar-refractivity contribution in [2.45, 2.75) is 13.3 Å². The Morgan fingerprint density at radius 1 is 1.48 bits per heavy atom. The zero-order chi connectivity index (χ0) is 15.6. The maximum atomic E-state index is 12.1. The van der Waals surface area contributed by atoms with Gasteiger partial charge in [0.25, 0.3) is 0 Å². The van der Waals surface area contributed by atoms with E-state index in [4.69, 9.17) is 9.84 Å². The molecule has 2 amide bonds. The average molecular weight is 292 g/mol. The summed E-state index contributed by atoms with van der Waals surface area (Å²) in [7, 11) is 3.20. The van der Waals surface area contributed by atoms with Gasteiger partial charge in [0.05, 0.1) is 18.4 Å². The first-order chi connectivity index (χ1) is 9.92. The molecule has 0 bridgehead atoms. The number of hydrogen-bond donors (Lipinski definition) is 2. The monoisotopic (exact) mass is 292 g/mol. The fraction of sp³-hybridized carbons (Fsp3) is 0.467. The fourth-order valence-electron chi connectivity index (χ4n) is 2.24. The van der Waals surface area contributed by atoms with Crippen LogP contribution in [0.4, 0.5) is 10.5 Å². The summed E-state index contributed by atoms with van der Waals surface area (Å²) in [6.45, 7) is 2.83. The number of anilines is 1. The zero-order valence-electron chi connectivity index (χ0n) is 12.4. The van der Waals surface area contributed by atoms with Gasteiger partial charge in [-0.2, -0.15) is 0 Å². The maximum Gasteiger partial charge on any atom is 0.337 e. The summed E-state index contributed by atoms with van der Waals surface area (Å²) in [5.41, 5.74) is 0.278. The number of urea groups is 1. The van der Waals surface area contributed by atoms with E-state index in [9.17, 15) is 9.59 Å². The second-order valence-electron chi connectivity index (χ2n) is 5.50. The van der Waals surface area contributed by atoms with Crippen molar-refractivity contribution in [2.75, 3.05) is 26.0 Å². The third kappa shape index (κ3) is 3.65. The van der Waals surface area contributed by atoms with Crippen LogP contribution >= 0.6 is 0 Å². The van der Waals surface area contributed by atoms with Crippen LogP contribution in [0, 0.1) is 11.8 Å². The van der Waals surface area contributed by atoms with E-state index in [-0.39, 0.29) is 17.3 Å². The standard InChI is InChI=1S/C15H20N2O4/c1-9-6-10(9)8-17(2)15(20)16-13-7-11(21-3)4-5-12(13)14(18)19/h4-5,7,9-10H,6,8H2,1-3H3,(H,16,20)(H,18,19). The van der Waals surface area contributed by atoms with Crippen molar-refractivity contribution in [3.63, 3.8) is 0 Å². The third-order valence-electron chi connectivity index (χ3n) is 3.83. The number of ether oxygens (including phenoxy) is 1. The third-order valence-corrected chi connectivity index (χ3v) is 3.83. The molecule has 1 aromatic rings. The minimum absolute atomic E-state index is 0.0392. The Hall–Kier alpha value is -2.24. The highest BCUT2D eigenvalue weighted by Gasteiger charge is 2.34. The Bertz CT molecular complexity index is 559. The van der Waals surface area contributed by atoms with Crippen molar-refractivity contribution in [3.8, 4) is 5.75 Å². The molecule has 0 aromatic heterocycles. The molecule has 0 aliphatic heterocycles. The predicted molar refractivity (Wildman–Crippen MR) is 78.9 cm³/mol. The van der Waals surface area contributed by atoms with Crippen LogP contribution in [0.1, 0.15) is 23.7 Å². The first kappa shape index (κ1) is 15.2. The number of nitrogens with zero attached hydrogens (tertiary/aromatic N) is 1. The van der Waals surface area contributed by atoms with Crippen LogP contribution < -0.4 is 10.1 Å². The van der Waals surface area contributed by atoms with E-state index in [0.717, 1.165) is 6.42 Å².